The summed E-state index contributed by atoms with van der Waals surface area (Å²) < 4.78 is 7.57. The van der Waals surface area contributed by atoms with Crippen molar-refractivity contribution < 1.29 is 4.74 Å². The lowest BCUT2D eigenvalue weighted by molar-refractivity contribution is 0.283. The van der Waals surface area contributed by atoms with E-state index in [2.05, 4.69) is 31.1 Å². The monoisotopic (exact) mass is 308 g/mol. The highest BCUT2D eigenvalue weighted by atomic mass is 35.5. The zero-order valence-electron chi connectivity index (χ0n) is 12.6. The number of nitrogens with two attached hydrogens (primary N) is 1. The van der Waals surface area contributed by atoms with Crippen LogP contribution in [0.2, 0.25) is 5.02 Å². The van der Waals surface area contributed by atoms with E-state index in [9.17, 15) is 0 Å². The third-order valence-corrected chi connectivity index (χ3v) is 3.35. The molecule has 0 aliphatic carbocycles. The largest absolute Gasteiger partial charge is 0.492 e. The van der Waals surface area contributed by atoms with Crippen LogP contribution in [0.5, 0.6) is 5.75 Å². The predicted octanol–water partition coefficient (Wildman–Crippen LogP) is 2.77. The van der Waals surface area contributed by atoms with E-state index >= 15 is 0 Å². The quantitative estimate of drug-likeness (QED) is 0.922. The molecule has 114 valence electrons. The molecular weight excluding hydrogens is 288 g/mol. The van der Waals surface area contributed by atoms with E-state index in [1.54, 1.807) is 12.1 Å². The fourth-order valence-corrected chi connectivity index (χ4v) is 2.37. The minimum absolute atomic E-state index is 0.0571. The van der Waals surface area contributed by atoms with Gasteiger partial charge in [-0.15, -0.1) is 5.10 Å². The van der Waals surface area contributed by atoms with E-state index in [-0.39, 0.29) is 5.41 Å². The minimum atomic E-state index is -0.0571. The van der Waals surface area contributed by atoms with Gasteiger partial charge in [0.15, 0.2) is 0 Å². The van der Waals surface area contributed by atoms with Crippen molar-refractivity contribution in [3.63, 3.8) is 0 Å². The van der Waals surface area contributed by atoms with Gasteiger partial charge in [0.25, 0.3) is 0 Å². The molecule has 21 heavy (non-hydrogen) atoms. The average molecular weight is 309 g/mol. The van der Waals surface area contributed by atoms with Crippen LogP contribution in [-0.4, -0.2) is 21.6 Å². The van der Waals surface area contributed by atoms with Crippen molar-refractivity contribution >= 4 is 11.6 Å². The highest BCUT2D eigenvalue weighted by Crippen LogP contribution is 2.24. The van der Waals surface area contributed by atoms with E-state index < -0.39 is 0 Å². The Balaban J connectivity index is 2.03. The number of nitrogens with zero attached hydrogens (tertiary/aromatic N) is 3. The van der Waals surface area contributed by atoms with E-state index in [0.717, 1.165) is 17.1 Å². The molecule has 0 saturated heterocycles. The van der Waals surface area contributed by atoms with Crippen LogP contribution in [0.4, 0.5) is 0 Å². The molecule has 1 aromatic heterocycles. The molecule has 0 radical (unpaired) electrons. The second-order valence-electron chi connectivity index (χ2n) is 5.86. The molecule has 0 spiro atoms. The first-order chi connectivity index (χ1) is 9.91. The van der Waals surface area contributed by atoms with Crippen LogP contribution in [0.15, 0.2) is 24.3 Å². The summed E-state index contributed by atoms with van der Waals surface area (Å²) in [5.41, 5.74) is 7.58. The Morgan fingerprint density at radius 1 is 1.24 bits per heavy atom. The SMILES string of the molecule is CC(C)(C)c1c(CN)nnn1CCOc1ccc(Cl)cc1. The van der Waals surface area contributed by atoms with Gasteiger partial charge >= 0.3 is 0 Å². The molecule has 0 bridgehead atoms. The Bertz CT molecular complexity index is 587. The van der Waals surface area contributed by atoms with Crippen LogP contribution in [0.1, 0.15) is 32.2 Å². The zero-order valence-corrected chi connectivity index (χ0v) is 13.4. The zero-order chi connectivity index (χ0) is 15.5. The molecule has 2 rings (SSSR count). The van der Waals surface area contributed by atoms with Crippen LogP contribution in [0.3, 0.4) is 0 Å². The Kier molecular flexibility index (Phi) is 4.85. The Labute approximate surface area is 130 Å². The molecule has 1 aromatic carbocycles. The van der Waals surface area contributed by atoms with Crippen molar-refractivity contribution in [1.29, 1.82) is 0 Å². The normalized spacial score (nSPS) is 11.7. The number of halogens is 1. The van der Waals surface area contributed by atoms with Gasteiger partial charge in [0.05, 0.1) is 17.9 Å². The summed E-state index contributed by atoms with van der Waals surface area (Å²) in [6, 6.07) is 7.30. The van der Waals surface area contributed by atoms with Gasteiger partial charge in [-0.3, -0.25) is 0 Å². The van der Waals surface area contributed by atoms with E-state index in [0.29, 0.717) is 24.7 Å². The van der Waals surface area contributed by atoms with Crippen molar-refractivity contribution in [1.82, 2.24) is 15.0 Å². The van der Waals surface area contributed by atoms with Crippen molar-refractivity contribution in [3.05, 3.63) is 40.7 Å². The highest BCUT2D eigenvalue weighted by molar-refractivity contribution is 6.30. The van der Waals surface area contributed by atoms with E-state index in [1.807, 2.05) is 16.8 Å². The van der Waals surface area contributed by atoms with Gasteiger partial charge in [0, 0.05) is 17.0 Å². The Hall–Kier alpha value is -1.59. The van der Waals surface area contributed by atoms with Gasteiger partial charge in [-0.2, -0.15) is 0 Å². The fourth-order valence-electron chi connectivity index (χ4n) is 2.24. The minimum Gasteiger partial charge on any atom is -0.492 e. The summed E-state index contributed by atoms with van der Waals surface area (Å²) in [7, 11) is 0. The number of hydrogen-bond acceptors (Lipinski definition) is 4. The first-order valence-corrected chi connectivity index (χ1v) is 7.31. The molecule has 1 heterocycles. The molecule has 0 amide bonds. The summed E-state index contributed by atoms with van der Waals surface area (Å²) >= 11 is 5.84. The van der Waals surface area contributed by atoms with Crippen molar-refractivity contribution in [2.45, 2.75) is 39.3 Å². The summed E-state index contributed by atoms with van der Waals surface area (Å²) in [6.45, 7) is 7.91. The van der Waals surface area contributed by atoms with Gasteiger partial charge in [-0.25, -0.2) is 4.68 Å². The molecule has 0 aliphatic heterocycles. The Morgan fingerprint density at radius 2 is 1.90 bits per heavy atom. The second kappa shape index (κ2) is 6.45. The van der Waals surface area contributed by atoms with Gasteiger partial charge in [0.2, 0.25) is 0 Å². The Morgan fingerprint density at radius 3 is 2.48 bits per heavy atom. The van der Waals surface area contributed by atoms with Gasteiger partial charge in [-0.1, -0.05) is 37.6 Å². The molecule has 2 N–H and O–H groups in total. The number of hydrogen-bond donors (Lipinski definition) is 1. The van der Waals surface area contributed by atoms with Gasteiger partial charge in [0.1, 0.15) is 12.4 Å². The van der Waals surface area contributed by atoms with Crippen LogP contribution < -0.4 is 10.5 Å². The van der Waals surface area contributed by atoms with E-state index in [4.69, 9.17) is 22.1 Å². The molecule has 0 saturated carbocycles. The first kappa shape index (κ1) is 15.8. The maximum absolute atomic E-state index is 5.84. The predicted molar refractivity (Wildman–Crippen MR) is 83.6 cm³/mol. The summed E-state index contributed by atoms with van der Waals surface area (Å²) in [5.74, 6) is 0.788. The summed E-state index contributed by atoms with van der Waals surface area (Å²) in [5, 5.41) is 9.03. The maximum Gasteiger partial charge on any atom is 0.119 e. The first-order valence-electron chi connectivity index (χ1n) is 6.93. The molecule has 2 aromatic rings. The summed E-state index contributed by atoms with van der Waals surface area (Å²) in [6.07, 6.45) is 0. The van der Waals surface area contributed by atoms with Gasteiger partial charge in [-0.05, 0) is 24.3 Å². The molecule has 0 unspecified atom stereocenters. The molecule has 0 fully saturated rings. The van der Waals surface area contributed by atoms with E-state index in [1.165, 1.54) is 0 Å². The van der Waals surface area contributed by atoms with Crippen LogP contribution in [0, 0.1) is 0 Å². The van der Waals surface area contributed by atoms with Crippen LogP contribution in [-0.2, 0) is 18.5 Å². The standard InChI is InChI=1S/C15H21ClN4O/c1-15(2,3)14-13(10-17)18-19-20(14)8-9-21-12-6-4-11(16)5-7-12/h4-7H,8-10,17H2,1-3H3. The smallest absolute Gasteiger partial charge is 0.119 e. The van der Waals surface area contributed by atoms with Crippen LogP contribution in [0.25, 0.3) is 0 Å². The molecule has 0 aliphatic rings. The van der Waals surface area contributed by atoms with Gasteiger partial charge < -0.3 is 10.5 Å². The number of aromatic nitrogens is 3. The van der Waals surface area contributed by atoms with Crippen molar-refractivity contribution in [2.24, 2.45) is 5.73 Å². The molecular formula is C15H21ClN4O. The number of ether oxygens (including phenoxy) is 1. The summed E-state index contributed by atoms with van der Waals surface area (Å²) in [4.78, 5) is 0. The number of benzene rings is 1. The average Bonchev–Trinajstić information content (AvgIpc) is 2.84. The second-order valence-corrected chi connectivity index (χ2v) is 6.30. The maximum atomic E-state index is 5.84. The lowest BCUT2D eigenvalue weighted by Gasteiger charge is -2.21. The van der Waals surface area contributed by atoms with Crippen molar-refractivity contribution in [3.8, 4) is 5.75 Å². The third kappa shape index (κ3) is 3.95. The molecule has 0 atom stereocenters. The lowest BCUT2D eigenvalue weighted by atomic mass is 9.90. The fraction of sp³-hybridized carbons (Fsp3) is 0.467. The van der Waals surface area contributed by atoms with Crippen LogP contribution >= 0.6 is 11.6 Å². The third-order valence-electron chi connectivity index (χ3n) is 3.09. The molecule has 5 nitrogen and oxygen atoms in total. The number of rotatable bonds is 5. The lowest BCUT2D eigenvalue weighted by Crippen LogP contribution is -2.23. The van der Waals surface area contributed by atoms with Crippen molar-refractivity contribution in [2.75, 3.05) is 6.61 Å². The molecule has 6 heteroatoms. The highest BCUT2D eigenvalue weighted by Gasteiger charge is 2.24. The topological polar surface area (TPSA) is 66.0 Å².